The van der Waals surface area contributed by atoms with Crippen LogP contribution in [-0.2, 0) is 6.42 Å². The summed E-state index contributed by atoms with van der Waals surface area (Å²) in [5.41, 5.74) is 2.38. The molecule has 8 atom stereocenters. The quantitative estimate of drug-likeness (QED) is 0.187. The van der Waals surface area contributed by atoms with Crippen LogP contribution in [0.2, 0.25) is 0 Å². The van der Waals surface area contributed by atoms with Crippen LogP contribution in [0.5, 0.6) is 0 Å². The standard InChI is InChI=1S/C40H57NO6/c1-26-7-5-16-39(4)34(32-14-10-27(19-30(43)13-9-26)20-33(32)37(45)36-8-6-18-47-36)15-17-40(39,46)25-41(23-31(44)24-42)22-28-11-12-29-21-35(28)38(29,2)3/h6-8,10,14,18,20,28-31,34-35,42-44,46H,5,9,11-13,15-17,19,21-25H2,1-4H3/t28-,29-,30-,31-,34-,35-,39-,40+/m0/s1. The van der Waals surface area contributed by atoms with Crippen molar-refractivity contribution in [2.75, 3.05) is 26.2 Å². The number of nitrogens with zero attached hydrogens (tertiary/aromatic N) is 1. The largest absolute Gasteiger partial charge is 0.461 e. The minimum Gasteiger partial charge on any atom is -0.461 e. The first-order valence-electron chi connectivity index (χ1n) is 18.1. The Kier molecular flexibility index (Phi) is 9.97. The van der Waals surface area contributed by atoms with Crippen LogP contribution in [0, 0.1) is 28.6 Å². The third-order valence-electron chi connectivity index (χ3n) is 13.3. The maximum atomic E-state index is 14.0. The summed E-state index contributed by atoms with van der Waals surface area (Å²) in [6, 6.07) is 9.47. The van der Waals surface area contributed by atoms with Crippen LogP contribution < -0.4 is 0 Å². The second-order valence-electron chi connectivity index (χ2n) is 16.5. The maximum absolute atomic E-state index is 14.0. The highest BCUT2D eigenvalue weighted by molar-refractivity contribution is 6.08. The minimum atomic E-state index is -1.07. The highest BCUT2D eigenvalue weighted by Crippen LogP contribution is 2.62. The van der Waals surface area contributed by atoms with Crippen molar-refractivity contribution in [3.8, 4) is 0 Å². The van der Waals surface area contributed by atoms with Gasteiger partial charge in [-0.3, -0.25) is 9.69 Å². The van der Waals surface area contributed by atoms with Crippen LogP contribution >= 0.6 is 0 Å². The number of carbonyl (C=O) groups is 1. The molecule has 0 spiro atoms. The number of aliphatic hydroxyl groups is 4. The van der Waals surface area contributed by atoms with Gasteiger partial charge in [-0.1, -0.05) is 44.6 Å². The molecule has 0 unspecified atom stereocenters. The van der Waals surface area contributed by atoms with Gasteiger partial charge in [-0.25, -0.2) is 0 Å². The molecule has 47 heavy (non-hydrogen) atoms. The van der Waals surface area contributed by atoms with E-state index in [0.717, 1.165) is 49.3 Å². The summed E-state index contributed by atoms with van der Waals surface area (Å²) in [5, 5.41) is 44.4. The van der Waals surface area contributed by atoms with E-state index < -0.39 is 23.2 Å². The van der Waals surface area contributed by atoms with Crippen LogP contribution in [0.25, 0.3) is 0 Å². The van der Waals surface area contributed by atoms with Crippen LogP contribution in [0.4, 0.5) is 0 Å². The molecule has 0 saturated heterocycles. The second kappa shape index (κ2) is 13.5. The molecule has 8 rings (SSSR count). The SMILES string of the molecule is CC1=CCC[C@@]2(C)[C@@H](CC[C@@]2(O)CN(C[C@H](O)CO)C[C@@H]2CC[C@H]3C[C@@H]2C3(C)C)c2ccc(cc2C(=O)c2ccco2)C[C@@H](O)CC1. The number of benzene rings is 1. The van der Waals surface area contributed by atoms with E-state index in [4.69, 9.17) is 4.42 Å². The normalized spacial score (nSPS) is 34.3. The van der Waals surface area contributed by atoms with Crippen LogP contribution in [0.15, 0.2) is 52.7 Å². The summed E-state index contributed by atoms with van der Waals surface area (Å²) in [6.45, 7) is 10.4. The average Bonchev–Trinajstić information content (AvgIpc) is 3.66. The van der Waals surface area contributed by atoms with E-state index in [1.54, 1.807) is 12.1 Å². The first kappa shape index (κ1) is 34.6. The highest BCUT2D eigenvalue weighted by Gasteiger charge is 2.58. The molecule has 4 saturated carbocycles. The van der Waals surface area contributed by atoms with Gasteiger partial charge in [0.25, 0.3) is 0 Å². The highest BCUT2D eigenvalue weighted by atomic mass is 16.3. The van der Waals surface area contributed by atoms with Gasteiger partial charge in [0.15, 0.2) is 5.76 Å². The van der Waals surface area contributed by atoms with Crippen molar-refractivity contribution in [1.82, 2.24) is 4.90 Å². The van der Waals surface area contributed by atoms with Gasteiger partial charge >= 0.3 is 0 Å². The Morgan fingerprint density at radius 1 is 1.11 bits per heavy atom. The number of ketones is 1. The van der Waals surface area contributed by atoms with Crippen molar-refractivity contribution < 1.29 is 29.6 Å². The van der Waals surface area contributed by atoms with Crippen molar-refractivity contribution in [3.05, 3.63) is 70.7 Å². The summed E-state index contributed by atoms with van der Waals surface area (Å²) in [4.78, 5) is 16.2. The maximum Gasteiger partial charge on any atom is 0.228 e. The fourth-order valence-corrected chi connectivity index (χ4v) is 10.2. The van der Waals surface area contributed by atoms with E-state index in [-0.39, 0.29) is 24.1 Å². The van der Waals surface area contributed by atoms with Gasteiger partial charge in [0.05, 0.1) is 30.7 Å². The number of hydrogen-bond acceptors (Lipinski definition) is 7. The van der Waals surface area contributed by atoms with E-state index in [0.29, 0.717) is 55.2 Å². The summed E-state index contributed by atoms with van der Waals surface area (Å²) >= 11 is 0. The summed E-state index contributed by atoms with van der Waals surface area (Å²) in [5.74, 6) is 1.98. The fourth-order valence-electron chi connectivity index (χ4n) is 10.2. The van der Waals surface area contributed by atoms with E-state index in [1.165, 1.54) is 31.1 Å². The van der Waals surface area contributed by atoms with Gasteiger partial charge in [0.2, 0.25) is 5.78 Å². The lowest BCUT2D eigenvalue weighted by Crippen LogP contribution is -2.58. The molecule has 7 heteroatoms. The molecule has 4 N–H and O–H groups in total. The number of rotatable bonds is 9. The zero-order valence-electron chi connectivity index (χ0n) is 29.0. The zero-order chi connectivity index (χ0) is 33.6. The first-order chi connectivity index (χ1) is 22.3. The molecule has 1 aromatic heterocycles. The molecular formula is C40H57NO6. The number of allylic oxidation sites excluding steroid dienone is 2. The lowest BCUT2D eigenvalue weighted by molar-refractivity contribution is -0.126. The van der Waals surface area contributed by atoms with E-state index in [2.05, 4.69) is 44.7 Å². The minimum absolute atomic E-state index is 0.0809. The molecule has 0 amide bonds. The predicted octanol–water partition coefficient (Wildman–Crippen LogP) is 6.28. The van der Waals surface area contributed by atoms with Crippen molar-refractivity contribution >= 4 is 5.78 Å². The van der Waals surface area contributed by atoms with E-state index >= 15 is 0 Å². The number of aliphatic hydroxyl groups excluding tert-OH is 3. The van der Waals surface area contributed by atoms with Crippen molar-refractivity contribution in [2.24, 2.45) is 28.6 Å². The summed E-state index contributed by atoms with van der Waals surface area (Å²) in [7, 11) is 0. The molecule has 4 bridgehead atoms. The van der Waals surface area contributed by atoms with Gasteiger partial charge in [0.1, 0.15) is 0 Å². The lowest BCUT2D eigenvalue weighted by atomic mass is 9.45. The fraction of sp³-hybridized carbons (Fsp3) is 0.675. The van der Waals surface area contributed by atoms with Crippen LogP contribution in [0.3, 0.4) is 0 Å². The van der Waals surface area contributed by atoms with Crippen molar-refractivity contribution in [1.29, 1.82) is 0 Å². The molecule has 0 aliphatic heterocycles. The van der Waals surface area contributed by atoms with Crippen molar-refractivity contribution in [2.45, 2.75) is 116 Å². The van der Waals surface area contributed by atoms with E-state index in [1.807, 2.05) is 12.1 Å². The Labute approximate surface area is 281 Å². The first-order valence-corrected chi connectivity index (χ1v) is 18.1. The van der Waals surface area contributed by atoms with Gasteiger partial charge in [-0.15, -0.1) is 0 Å². The third-order valence-corrected chi connectivity index (χ3v) is 13.3. The topological polar surface area (TPSA) is 114 Å². The van der Waals surface area contributed by atoms with E-state index in [9.17, 15) is 25.2 Å². The number of fused-ring (bicyclic) bond motifs is 10. The predicted molar refractivity (Wildman–Crippen MR) is 183 cm³/mol. The molecular weight excluding hydrogens is 590 g/mol. The molecule has 6 aliphatic rings. The smallest absolute Gasteiger partial charge is 0.228 e. The van der Waals surface area contributed by atoms with Gasteiger partial charge in [-0.05, 0) is 130 Å². The van der Waals surface area contributed by atoms with Crippen molar-refractivity contribution in [3.63, 3.8) is 0 Å². The monoisotopic (exact) mass is 647 g/mol. The summed E-state index contributed by atoms with van der Waals surface area (Å²) < 4.78 is 5.58. The molecule has 258 valence electrons. The molecule has 7 nitrogen and oxygen atoms in total. The summed E-state index contributed by atoms with van der Waals surface area (Å²) in [6.07, 6.45) is 10.9. The van der Waals surface area contributed by atoms with Gasteiger partial charge in [-0.2, -0.15) is 0 Å². The molecule has 0 radical (unpaired) electrons. The third kappa shape index (κ3) is 6.68. The number of carbonyl (C=O) groups excluding carboxylic acids is 1. The Bertz CT molecular complexity index is 1430. The zero-order valence-corrected chi connectivity index (χ0v) is 29.0. The molecule has 4 fully saturated rings. The Balaban J connectivity index is 1.37. The second-order valence-corrected chi connectivity index (χ2v) is 16.5. The van der Waals surface area contributed by atoms with Gasteiger partial charge < -0.3 is 24.8 Å². The Morgan fingerprint density at radius 3 is 2.62 bits per heavy atom. The van der Waals surface area contributed by atoms with Crippen LogP contribution in [-0.4, -0.2) is 75.2 Å². The molecule has 1 heterocycles. The van der Waals surface area contributed by atoms with Gasteiger partial charge in [0, 0.05) is 30.6 Å². The molecule has 6 aliphatic carbocycles. The average molecular weight is 648 g/mol. The molecule has 2 aromatic rings. The number of hydrogen-bond donors (Lipinski definition) is 4. The lowest BCUT2D eigenvalue weighted by Gasteiger charge is -2.61. The Morgan fingerprint density at radius 2 is 1.91 bits per heavy atom. The Hall–Kier alpha value is -2.29. The molecule has 1 aromatic carbocycles. The van der Waals surface area contributed by atoms with Crippen LogP contribution in [0.1, 0.15) is 119 Å². The number of furan rings is 1.